The maximum Gasteiger partial charge on any atom is 0.258 e. The number of hydrogen-bond donors (Lipinski definition) is 3. The molecule has 0 fully saturated rings. The number of amides is 1. The predicted octanol–water partition coefficient (Wildman–Crippen LogP) is 2.92. The van der Waals surface area contributed by atoms with Gasteiger partial charge in [-0.2, -0.15) is 0 Å². The van der Waals surface area contributed by atoms with Crippen LogP contribution < -0.4 is 15.4 Å². The lowest BCUT2D eigenvalue weighted by Crippen LogP contribution is -2.43. The number of carbonyl (C=O) groups excluding carboxylic acids is 1. The molecule has 0 spiro atoms. The highest BCUT2D eigenvalue weighted by Crippen LogP contribution is 2.23. The zero-order valence-electron chi connectivity index (χ0n) is 14.7. The molecule has 0 aromatic heterocycles. The quantitative estimate of drug-likeness (QED) is 0.650. The van der Waals surface area contributed by atoms with Crippen LogP contribution in [0.25, 0.3) is 0 Å². The van der Waals surface area contributed by atoms with Crippen molar-refractivity contribution in [3.8, 4) is 5.75 Å². The zero-order valence-corrected chi connectivity index (χ0v) is 16.3. The van der Waals surface area contributed by atoms with Crippen LogP contribution in [0.4, 0.5) is 0 Å². The molecule has 7 heteroatoms. The molecule has 1 unspecified atom stereocenters. The molecule has 1 aromatic rings. The smallest absolute Gasteiger partial charge is 0.258 e. The Morgan fingerprint density at radius 1 is 1.38 bits per heavy atom. The molecule has 138 valence electrons. The van der Waals surface area contributed by atoms with Crippen LogP contribution in [0.5, 0.6) is 5.75 Å². The lowest BCUT2D eigenvalue weighted by Gasteiger charge is -2.21. The Hall–Kier alpha value is -1.01. The SMILES string of the molecule is CCC(CO)NCc1cc(Cl)ccc1OCC(=O)NC(C)(C)C.Cl. The summed E-state index contributed by atoms with van der Waals surface area (Å²) in [6.07, 6.45) is 0.821. The summed E-state index contributed by atoms with van der Waals surface area (Å²) >= 11 is 6.04. The van der Waals surface area contributed by atoms with Gasteiger partial charge in [-0.05, 0) is 45.4 Å². The second kappa shape index (κ2) is 10.8. The summed E-state index contributed by atoms with van der Waals surface area (Å²) in [5, 5.41) is 15.9. The molecule has 0 saturated carbocycles. The van der Waals surface area contributed by atoms with Crippen molar-refractivity contribution in [3.63, 3.8) is 0 Å². The minimum atomic E-state index is -0.291. The van der Waals surface area contributed by atoms with Gasteiger partial charge in [-0.3, -0.25) is 4.79 Å². The van der Waals surface area contributed by atoms with Gasteiger partial charge in [-0.1, -0.05) is 18.5 Å². The van der Waals surface area contributed by atoms with E-state index >= 15 is 0 Å². The molecule has 0 aliphatic carbocycles. The summed E-state index contributed by atoms with van der Waals surface area (Å²) < 4.78 is 5.63. The highest BCUT2D eigenvalue weighted by molar-refractivity contribution is 6.30. The van der Waals surface area contributed by atoms with Gasteiger partial charge in [0.1, 0.15) is 5.75 Å². The van der Waals surface area contributed by atoms with Crippen LogP contribution in [0, 0.1) is 0 Å². The first-order valence-corrected chi connectivity index (χ1v) is 8.19. The summed E-state index contributed by atoms with van der Waals surface area (Å²) in [5.41, 5.74) is 0.563. The first kappa shape index (κ1) is 23.0. The average Bonchev–Trinajstić information content (AvgIpc) is 2.45. The van der Waals surface area contributed by atoms with E-state index < -0.39 is 0 Å². The van der Waals surface area contributed by atoms with Gasteiger partial charge >= 0.3 is 0 Å². The third kappa shape index (κ3) is 8.73. The maximum atomic E-state index is 11.9. The van der Waals surface area contributed by atoms with E-state index in [0.29, 0.717) is 17.3 Å². The normalized spacial score (nSPS) is 12.2. The Morgan fingerprint density at radius 2 is 2.04 bits per heavy atom. The first-order chi connectivity index (χ1) is 10.7. The van der Waals surface area contributed by atoms with Crippen LogP contribution in [0.15, 0.2) is 18.2 Å². The molecule has 0 aliphatic heterocycles. The largest absolute Gasteiger partial charge is 0.483 e. The lowest BCUT2D eigenvalue weighted by molar-refractivity contribution is -0.124. The minimum absolute atomic E-state index is 0. The molecular weight excluding hydrogens is 351 g/mol. The third-order valence-electron chi connectivity index (χ3n) is 3.19. The highest BCUT2D eigenvalue weighted by atomic mass is 35.5. The van der Waals surface area contributed by atoms with E-state index in [1.165, 1.54) is 0 Å². The molecule has 5 nitrogen and oxygen atoms in total. The van der Waals surface area contributed by atoms with Crippen molar-refractivity contribution in [3.05, 3.63) is 28.8 Å². The van der Waals surface area contributed by atoms with Crippen LogP contribution >= 0.6 is 24.0 Å². The molecule has 3 N–H and O–H groups in total. The number of aliphatic hydroxyl groups is 1. The van der Waals surface area contributed by atoms with Gasteiger partial charge in [-0.25, -0.2) is 0 Å². The summed E-state index contributed by atoms with van der Waals surface area (Å²) in [4.78, 5) is 11.9. The second-order valence-corrected chi connectivity index (χ2v) is 6.94. The van der Waals surface area contributed by atoms with Crippen LogP contribution in [0.2, 0.25) is 5.02 Å². The van der Waals surface area contributed by atoms with Gasteiger partial charge in [0.25, 0.3) is 5.91 Å². The third-order valence-corrected chi connectivity index (χ3v) is 3.43. The Balaban J connectivity index is 0.00000529. The standard InChI is InChI=1S/C17H27ClN2O3.ClH/c1-5-14(10-21)19-9-12-8-13(18)6-7-15(12)23-11-16(22)20-17(2,3)4;/h6-8,14,19,21H,5,9-11H2,1-4H3,(H,20,22);1H. The van der Waals surface area contributed by atoms with E-state index in [1.807, 2.05) is 27.7 Å². The Bertz CT molecular complexity index is 515. The number of hydrogen-bond acceptors (Lipinski definition) is 4. The molecule has 0 aliphatic rings. The summed E-state index contributed by atoms with van der Waals surface area (Å²) in [6, 6.07) is 5.30. The monoisotopic (exact) mass is 378 g/mol. The van der Waals surface area contributed by atoms with Crippen molar-refractivity contribution in [2.24, 2.45) is 0 Å². The molecule has 0 heterocycles. The van der Waals surface area contributed by atoms with Crippen molar-refractivity contribution in [2.75, 3.05) is 13.2 Å². The van der Waals surface area contributed by atoms with Crippen LogP contribution in [-0.4, -0.2) is 35.8 Å². The van der Waals surface area contributed by atoms with Crippen molar-refractivity contribution >= 4 is 29.9 Å². The number of benzene rings is 1. The van der Waals surface area contributed by atoms with Crippen LogP contribution in [0.1, 0.15) is 39.7 Å². The van der Waals surface area contributed by atoms with E-state index in [9.17, 15) is 9.90 Å². The van der Waals surface area contributed by atoms with Crippen molar-refractivity contribution < 1.29 is 14.6 Å². The number of halogens is 2. The summed E-state index contributed by atoms with van der Waals surface area (Å²) in [6.45, 7) is 8.28. The molecule has 1 amide bonds. The van der Waals surface area contributed by atoms with E-state index in [4.69, 9.17) is 16.3 Å². The highest BCUT2D eigenvalue weighted by Gasteiger charge is 2.15. The molecule has 0 bridgehead atoms. The first-order valence-electron chi connectivity index (χ1n) is 7.81. The van der Waals surface area contributed by atoms with E-state index in [-0.39, 0.29) is 43.1 Å². The summed E-state index contributed by atoms with van der Waals surface area (Å²) in [5.74, 6) is 0.437. The van der Waals surface area contributed by atoms with Crippen molar-refractivity contribution in [1.29, 1.82) is 0 Å². The summed E-state index contributed by atoms with van der Waals surface area (Å²) in [7, 11) is 0. The molecule has 1 rings (SSSR count). The van der Waals surface area contributed by atoms with E-state index in [2.05, 4.69) is 10.6 Å². The fourth-order valence-electron chi connectivity index (χ4n) is 2.02. The van der Waals surface area contributed by atoms with Gasteiger partial charge < -0.3 is 20.5 Å². The molecule has 0 radical (unpaired) electrons. The lowest BCUT2D eigenvalue weighted by atomic mass is 10.1. The molecule has 1 atom stereocenters. The van der Waals surface area contributed by atoms with Gasteiger partial charge in [0.15, 0.2) is 6.61 Å². The predicted molar refractivity (Wildman–Crippen MR) is 100 cm³/mol. The van der Waals surface area contributed by atoms with Gasteiger partial charge in [0.2, 0.25) is 0 Å². The van der Waals surface area contributed by atoms with Crippen molar-refractivity contribution in [1.82, 2.24) is 10.6 Å². The van der Waals surface area contributed by atoms with Crippen LogP contribution in [0.3, 0.4) is 0 Å². The van der Waals surface area contributed by atoms with Gasteiger partial charge in [0, 0.05) is 28.7 Å². The van der Waals surface area contributed by atoms with Gasteiger partial charge in [-0.15, -0.1) is 12.4 Å². The maximum absolute atomic E-state index is 11.9. The Morgan fingerprint density at radius 3 is 2.58 bits per heavy atom. The second-order valence-electron chi connectivity index (χ2n) is 6.51. The molecule has 24 heavy (non-hydrogen) atoms. The Kier molecular flexibility index (Phi) is 10.3. The minimum Gasteiger partial charge on any atom is -0.483 e. The number of rotatable bonds is 8. The number of carbonyl (C=O) groups is 1. The van der Waals surface area contributed by atoms with Crippen molar-refractivity contribution in [2.45, 2.75) is 52.2 Å². The molecule has 1 aromatic carbocycles. The number of aliphatic hydroxyl groups excluding tert-OH is 1. The fraction of sp³-hybridized carbons (Fsp3) is 0.588. The average molecular weight is 379 g/mol. The topological polar surface area (TPSA) is 70.6 Å². The van der Waals surface area contributed by atoms with Crippen LogP contribution in [-0.2, 0) is 11.3 Å². The van der Waals surface area contributed by atoms with Gasteiger partial charge in [0.05, 0.1) is 6.61 Å². The van der Waals surface area contributed by atoms with E-state index in [0.717, 1.165) is 12.0 Å². The number of nitrogens with one attached hydrogen (secondary N) is 2. The Labute approximate surface area is 155 Å². The zero-order chi connectivity index (χ0) is 17.5. The molecular formula is C17H28Cl2N2O3. The molecule has 0 saturated heterocycles. The number of ether oxygens (including phenoxy) is 1. The van der Waals surface area contributed by atoms with E-state index in [1.54, 1.807) is 18.2 Å². The fourth-order valence-corrected chi connectivity index (χ4v) is 2.21.